The van der Waals surface area contributed by atoms with Crippen LogP contribution in [0.25, 0.3) is 0 Å². The summed E-state index contributed by atoms with van der Waals surface area (Å²) in [5.74, 6) is -0.0489. The summed E-state index contributed by atoms with van der Waals surface area (Å²) in [5, 5.41) is 0. The molecule has 0 unspecified atom stereocenters. The van der Waals surface area contributed by atoms with E-state index in [1.54, 1.807) is 16.4 Å². The number of piperidine rings is 1. The van der Waals surface area contributed by atoms with Crippen molar-refractivity contribution in [2.24, 2.45) is 0 Å². The van der Waals surface area contributed by atoms with Crippen LogP contribution in [0, 0.1) is 0 Å². The molecule has 1 aromatic carbocycles. The summed E-state index contributed by atoms with van der Waals surface area (Å²) < 4.78 is 55.5. The van der Waals surface area contributed by atoms with Crippen LogP contribution in [-0.2, 0) is 26.0 Å². The summed E-state index contributed by atoms with van der Waals surface area (Å²) in [6, 6.07) is 9.08. The molecule has 0 saturated carbocycles. The van der Waals surface area contributed by atoms with Gasteiger partial charge in [-0.05, 0) is 24.8 Å². The SMILES string of the molecule is O=S(=O)(Cc1ccccc1)N1CCCN(S(=O)(=O)N2CCCCC2)CC1. The number of sulfonamides is 1. The minimum absolute atomic E-state index is 0.0489. The predicted octanol–water partition coefficient (Wildman–Crippen LogP) is 1.25. The Kier molecular flexibility index (Phi) is 6.34. The van der Waals surface area contributed by atoms with Gasteiger partial charge < -0.3 is 0 Å². The third-order valence-electron chi connectivity index (χ3n) is 4.97. The molecule has 7 nitrogen and oxygen atoms in total. The molecule has 2 heterocycles. The van der Waals surface area contributed by atoms with Crippen molar-refractivity contribution in [3.05, 3.63) is 35.9 Å². The van der Waals surface area contributed by atoms with Crippen molar-refractivity contribution in [1.82, 2.24) is 12.9 Å². The van der Waals surface area contributed by atoms with Crippen molar-refractivity contribution in [3.8, 4) is 0 Å². The molecule has 2 fully saturated rings. The van der Waals surface area contributed by atoms with Crippen molar-refractivity contribution in [2.45, 2.75) is 31.4 Å². The normalized spacial score (nSPS) is 22.2. The molecule has 1 aromatic rings. The van der Waals surface area contributed by atoms with E-state index >= 15 is 0 Å². The average molecular weight is 402 g/mol. The highest BCUT2D eigenvalue weighted by Gasteiger charge is 2.34. The molecule has 0 bridgehead atoms. The first-order valence-electron chi connectivity index (χ1n) is 9.16. The summed E-state index contributed by atoms with van der Waals surface area (Å²) in [5.41, 5.74) is 0.745. The Morgan fingerprint density at radius 2 is 1.19 bits per heavy atom. The number of hydrogen-bond donors (Lipinski definition) is 0. The zero-order chi connectivity index (χ0) is 18.6. The lowest BCUT2D eigenvalue weighted by molar-refractivity contribution is 0.305. The van der Waals surface area contributed by atoms with Crippen LogP contribution in [-0.4, -0.2) is 69.0 Å². The molecule has 146 valence electrons. The van der Waals surface area contributed by atoms with Crippen LogP contribution in [0.1, 0.15) is 31.2 Å². The Balaban J connectivity index is 1.66. The van der Waals surface area contributed by atoms with Gasteiger partial charge in [0.2, 0.25) is 10.0 Å². The highest BCUT2D eigenvalue weighted by molar-refractivity contribution is 7.88. The van der Waals surface area contributed by atoms with Gasteiger partial charge in [-0.3, -0.25) is 0 Å². The summed E-state index contributed by atoms with van der Waals surface area (Å²) in [7, 11) is -6.95. The maximum absolute atomic E-state index is 12.8. The Hall–Kier alpha value is -1.00. The zero-order valence-corrected chi connectivity index (χ0v) is 16.6. The fraction of sp³-hybridized carbons (Fsp3) is 0.647. The van der Waals surface area contributed by atoms with Gasteiger partial charge in [0.25, 0.3) is 10.2 Å². The lowest BCUT2D eigenvalue weighted by Crippen LogP contribution is -2.47. The lowest BCUT2D eigenvalue weighted by Gasteiger charge is -2.31. The Labute approximate surface area is 156 Å². The van der Waals surface area contributed by atoms with E-state index in [1.165, 1.54) is 8.61 Å². The smallest absolute Gasteiger partial charge is 0.212 e. The van der Waals surface area contributed by atoms with Gasteiger partial charge in [-0.2, -0.15) is 17.0 Å². The predicted molar refractivity (Wildman–Crippen MR) is 101 cm³/mol. The van der Waals surface area contributed by atoms with Crippen molar-refractivity contribution in [3.63, 3.8) is 0 Å². The molecule has 0 aromatic heterocycles. The first-order valence-corrected chi connectivity index (χ1v) is 12.2. The van der Waals surface area contributed by atoms with E-state index in [0.29, 0.717) is 32.6 Å². The molecule has 2 saturated heterocycles. The molecule has 0 aliphatic carbocycles. The molecule has 0 N–H and O–H groups in total. The minimum atomic E-state index is -3.49. The second-order valence-corrected chi connectivity index (χ2v) is 10.8. The Bertz CT molecular complexity index is 791. The Morgan fingerprint density at radius 1 is 0.654 bits per heavy atom. The minimum Gasteiger partial charge on any atom is -0.212 e. The van der Waals surface area contributed by atoms with Gasteiger partial charge in [-0.15, -0.1) is 0 Å². The standard InChI is InChI=1S/C17H27N3O4S2/c21-25(22,16-17-8-3-1-4-9-17)18-12-7-13-20(15-14-18)26(23,24)19-10-5-2-6-11-19/h1,3-4,8-9H,2,5-7,10-16H2. The van der Waals surface area contributed by atoms with Crippen LogP contribution in [0.5, 0.6) is 0 Å². The van der Waals surface area contributed by atoms with E-state index in [9.17, 15) is 16.8 Å². The molecule has 0 amide bonds. The highest BCUT2D eigenvalue weighted by Crippen LogP contribution is 2.20. The second kappa shape index (κ2) is 8.35. The Morgan fingerprint density at radius 3 is 1.88 bits per heavy atom. The third-order valence-corrected chi connectivity index (χ3v) is 8.85. The first kappa shape index (κ1) is 19.8. The molecular formula is C17H27N3O4S2. The molecule has 9 heteroatoms. The summed E-state index contributed by atoms with van der Waals surface area (Å²) >= 11 is 0. The van der Waals surface area contributed by atoms with E-state index < -0.39 is 20.2 Å². The van der Waals surface area contributed by atoms with Gasteiger partial charge in [0.15, 0.2) is 0 Å². The topological polar surface area (TPSA) is 78.0 Å². The van der Waals surface area contributed by atoms with E-state index in [-0.39, 0.29) is 18.8 Å². The van der Waals surface area contributed by atoms with Gasteiger partial charge in [0.1, 0.15) is 0 Å². The van der Waals surface area contributed by atoms with E-state index in [0.717, 1.165) is 24.8 Å². The molecule has 26 heavy (non-hydrogen) atoms. The number of hydrogen-bond acceptors (Lipinski definition) is 4. The van der Waals surface area contributed by atoms with Crippen LogP contribution >= 0.6 is 0 Å². The fourth-order valence-corrected chi connectivity index (χ4v) is 6.80. The summed E-state index contributed by atoms with van der Waals surface area (Å²) in [4.78, 5) is 0. The van der Waals surface area contributed by atoms with Crippen molar-refractivity contribution in [2.75, 3.05) is 39.3 Å². The van der Waals surface area contributed by atoms with Crippen molar-refractivity contribution >= 4 is 20.2 Å². The third kappa shape index (κ3) is 4.64. The largest absolute Gasteiger partial charge is 0.282 e. The highest BCUT2D eigenvalue weighted by atomic mass is 32.2. The average Bonchev–Trinajstić information content (AvgIpc) is 2.90. The maximum atomic E-state index is 12.8. The van der Waals surface area contributed by atoms with Gasteiger partial charge in [-0.1, -0.05) is 36.8 Å². The molecule has 2 aliphatic heterocycles. The van der Waals surface area contributed by atoms with Gasteiger partial charge >= 0.3 is 0 Å². The van der Waals surface area contributed by atoms with Crippen LogP contribution < -0.4 is 0 Å². The molecule has 0 radical (unpaired) electrons. The number of benzene rings is 1. The van der Waals surface area contributed by atoms with Crippen LogP contribution in [0.2, 0.25) is 0 Å². The summed E-state index contributed by atoms with van der Waals surface area (Å²) in [6.07, 6.45) is 3.37. The summed E-state index contributed by atoms with van der Waals surface area (Å²) in [6.45, 7) is 2.29. The van der Waals surface area contributed by atoms with E-state index in [4.69, 9.17) is 0 Å². The van der Waals surface area contributed by atoms with Crippen LogP contribution in [0.4, 0.5) is 0 Å². The fourth-order valence-electron chi connectivity index (χ4n) is 3.51. The van der Waals surface area contributed by atoms with Crippen LogP contribution in [0.15, 0.2) is 30.3 Å². The maximum Gasteiger partial charge on any atom is 0.282 e. The molecule has 3 rings (SSSR count). The van der Waals surface area contributed by atoms with E-state index in [1.807, 2.05) is 18.2 Å². The lowest BCUT2D eigenvalue weighted by atomic mass is 10.2. The molecule has 0 spiro atoms. The molecule has 0 atom stereocenters. The molecular weight excluding hydrogens is 374 g/mol. The number of nitrogens with zero attached hydrogens (tertiary/aromatic N) is 3. The zero-order valence-electron chi connectivity index (χ0n) is 15.0. The second-order valence-electron chi connectivity index (χ2n) is 6.86. The van der Waals surface area contributed by atoms with Gasteiger partial charge in [0.05, 0.1) is 5.75 Å². The number of rotatable bonds is 5. The van der Waals surface area contributed by atoms with Crippen molar-refractivity contribution in [1.29, 1.82) is 0 Å². The van der Waals surface area contributed by atoms with E-state index in [2.05, 4.69) is 0 Å². The monoisotopic (exact) mass is 401 g/mol. The van der Waals surface area contributed by atoms with Crippen LogP contribution in [0.3, 0.4) is 0 Å². The van der Waals surface area contributed by atoms with Crippen molar-refractivity contribution < 1.29 is 16.8 Å². The van der Waals surface area contributed by atoms with Gasteiger partial charge in [0, 0.05) is 39.3 Å². The van der Waals surface area contributed by atoms with Gasteiger partial charge in [-0.25, -0.2) is 12.7 Å². The molecule has 2 aliphatic rings. The first-order chi connectivity index (χ1) is 12.4. The quantitative estimate of drug-likeness (QED) is 0.744.